The lowest BCUT2D eigenvalue weighted by Crippen LogP contribution is -2.38. The summed E-state index contributed by atoms with van der Waals surface area (Å²) in [6.07, 6.45) is 5.84. The number of nitrogens with zero attached hydrogens (tertiary/aromatic N) is 3. The third-order valence-corrected chi connectivity index (χ3v) is 4.36. The average molecular weight is 355 g/mol. The molecule has 2 aliphatic rings. The van der Waals surface area contributed by atoms with Crippen LogP contribution in [-0.4, -0.2) is 33.4 Å². The van der Waals surface area contributed by atoms with Crippen LogP contribution in [0.1, 0.15) is 28.2 Å². The van der Waals surface area contributed by atoms with E-state index in [1.807, 2.05) is 23.2 Å². The molecule has 0 bridgehead atoms. The topological polar surface area (TPSA) is 50.2 Å². The number of imidazole rings is 1. The normalized spacial score (nSPS) is 15.4. The highest BCUT2D eigenvalue weighted by Crippen LogP contribution is 2.27. The van der Waals surface area contributed by atoms with E-state index in [0.29, 0.717) is 6.54 Å². The Hall–Kier alpha value is -1.72. The number of anilines is 1. The fourth-order valence-corrected chi connectivity index (χ4v) is 3.23. The first-order chi connectivity index (χ1) is 10.3. The van der Waals surface area contributed by atoms with E-state index in [2.05, 4.69) is 20.9 Å². The van der Waals surface area contributed by atoms with Crippen LogP contribution >= 0.6 is 24.8 Å². The van der Waals surface area contributed by atoms with Gasteiger partial charge in [-0.2, -0.15) is 0 Å². The second kappa shape index (κ2) is 7.23. The summed E-state index contributed by atoms with van der Waals surface area (Å²) in [5, 5.41) is 3.39. The van der Waals surface area contributed by atoms with Crippen molar-refractivity contribution in [3.63, 3.8) is 0 Å². The van der Waals surface area contributed by atoms with Gasteiger partial charge in [0.1, 0.15) is 5.82 Å². The highest BCUT2D eigenvalue weighted by atomic mass is 35.5. The third kappa shape index (κ3) is 3.16. The van der Waals surface area contributed by atoms with Crippen molar-refractivity contribution < 1.29 is 4.79 Å². The van der Waals surface area contributed by atoms with Crippen molar-refractivity contribution in [2.45, 2.75) is 25.9 Å². The Bertz CT molecular complexity index is 701. The molecule has 0 saturated carbocycles. The van der Waals surface area contributed by atoms with Crippen LogP contribution in [0.15, 0.2) is 30.6 Å². The predicted molar refractivity (Wildman–Crippen MR) is 94.7 cm³/mol. The van der Waals surface area contributed by atoms with Crippen LogP contribution in [0.25, 0.3) is 0 Å². The van der Waals surface area contributed by atoms with Gasteiger partial charge in [0.25, 0.3) is 5.91 Å². The molecule has 0 atom stereocenters. The predicted octanol–water partition coefficient (Wildman–Crippen LogP) is 2.74. The van der Waals surface area contributed by atoms with Gasteiger partial charge in [0.15, 0.2) is 0 Å². The molecule has 0 radical (unpaired) electrons. The molecule has 0 aliphatic carbocycles. The van der Waals surface area contributed by atoms with Crippen LogP contribution < -0.4 is 5.32 Å². The van der Waals surface area contributed by atoms with Gasteiger partial charge >= 0.3 is 0 Å². The summed E-state index contributed by atoms with van der Waals surface area (Å²) in [5.41, 5.74) is 3.13. The SMILES string of the molecule is Cl.Cl.O=C(c1cccc2c1CCCN2)N1CCn2ccnc2C1. The number of carbonyl (C=O) groups excluding carboxylic acids is 1. The molecule has 0 unspecified atom stereocenters. The van der Waals surface area contributed by atoms with Gasteiger partial charge in [-0.3, -0.25) is 4.79 Å². The summed E-state index contributed by atoms with van der Waals surface area (Å²) in [5.74, 6) is 1.10. The zero-order valence-electron chi connectivity index (χ0n) is 12.7. The lowest BCUT2D eigenvalue weighted by Gasteiger charge is -2.29. The van der Waals surface area contributed by atoms with Crippen molar-refractivity contribution >= 4 is 36.4 Å². The van der Waals surface area contributed by atoms with E-state index in [0.717, 1.165) is 49.6 Å². The number of halogens is 2. The monoisotopic (exact) mass is 354 g/mol. The molecular formula is C16H20Cl2N4O. The Morgan fingerprint density at radius 1 is 1.22 bits per heavy atom. The van der Waals surface area contributed by atoms with Crippen molar-refractivity contribution in [1.29, 1.82) is 0 Å². The summed E-state index contributed by atoms with van der Waals surface area (Å²) < 4.78 is 2.12. The van der Waals surface area contributed by atoms with Crippen molar-refractivity contribution in [3.05, 3.63) is 47.5 Å². The van der Waals surface area contributed by atoms with Gasteiger partial charge < -0.3 is 14.8 Å². The maximum absolute atomic E-state index is 12.9. The van der Waals surface area contributed by atoms with Gasteiger partial charge in [-0.1, -0.05) is 6.07 Å². The van der Waals surface area contributed by atoms with Gasteiger partial charge in [0, 0.05) is 43.3 Å². The molecule has 4 rings (SSSR count). The lowest BCUT2D eigenvalue weighted by molar-refractivity contribution is 0.0706. The Morgan fingerprint density at radius 3 is 2.96 bits per heavy atom. The van der Waals surface area contributed by atoms with E-state index in [9.17, 15) is 4.79 Å². The number of amides is 1. The lowest BCUT2D eigenvalue weighted by atomic mass is 9.96. The van der Waals surface area contributed by atoms with Crippen LogP contribution in [0, 0.1) is 0 Å². The molecule has 1 aromatic carbocycles. The number of aromatic nitrogens is 2. The van der Waals surface area contributed by atoms with E-state index < -0.39 is 0 Å². The van der Waals surface area contributed by atoms with Gasteiger partial charge in [-0.05, 0) is 30.5 Å². The highest BCUT2D eigenvalue weighted by Gasteiger charge is 2.25. The number of fused-ring (bicyclic) bond motifs is 2. The second-order valence-corrected chi connectivity index (χ2v) is 5.63. The van der Waals surface area contributed by atoms with Gasteiger partial charge in [0.05, 0.1) is 6.54 Å². The molecule has 5 nitrogen and oxygen atoms in total. The first kappa shape index (κ1) is 17.6. The Kier molecular flexibility index (Phi) is 5.55. The molecule has 7 heteroatoms. The van der Waals surface area contributed by atoms with E-state index in [4.69, 9.17) is 0 Å². The Balaban J connectivity index is 0.000000960. The number of benzene rings is 1. The quantitative estimate of drug-likeness (QED) is 0.856. The number of hydrogen-bond acceptors (Lipinski definition) is 3. The van der Waals surface area contributed by atoms with Crippen LogP contribution in [0.3, 0.4) is 0 Å². The largest absolute Gasteiger partial charge is 0.385 e. The number of nitrogens with one attached hydrogen (secondary N) is 1. The van der Waals surface area contributed by atoms with Crippen molar-refractivity contribution in [2.75, 3.05) is 18.4 Å². The standard InChI is InChI=1S/C16H18N4O.2ClH/c21-16(20-10-9-19-8-7-18-15(19)11-20)13-3-1-5-14-12(13)4-2-6-17-14;;/h1,3,5,7-8,17H,2,4,6,9-11H2;2*1H. The molecule has 0 saturated heterocycles. The fraction of sp³-hybridized carbons (Fsp3) is 0.375. The second-order valence-electron chi connectivity index (χ2n) is 5.63. The minimum Gasteiger partial charge on any atom is -0.385 e. The molecule has 2 aromatic rings. The van der Waals surface area contributed by atoms with E-state index in [-0.39, 0.29) is 30.7 Å². The summed E-state index contributed by atoms with van der Waals surface area (Å²) >= 11 is 0. The summed E-state index contributed by atoms with van der Waals surface area (Å²) in [6.45, 7) is 3.17. The molecule has 2 aliphatic heterocycles. The van der Waals surface area contributed by atoms with E-state index in [1.54, 1.807) is 6.20 Å². The summed E-state index contributed by atoms with van der Waals surface area (Å²) in [4.78, 5) is 19.1. The molecule has 3 heterocycles. The summed E-state index contributed by atoms with van der Waals surface area (Å²) in [6, 6.07) is 5.98. The maximum atomic E-state index is 12.9. The van der Waals surface area contributed by atoms with Crippen LogP contribution in [0.4, 0.5) is 5.69 Å². The molecular weight excluding hydrogens is 335 g/mol. The zero-order chi connectivity index (χ0) is 14.2. The minimum absolute atomic E-state index is 0. The number of rotatable bonds is 1. The molecule has 0 spiro atoms. The molecule has 0 fully saturated rings. The minimum atomic E-state index is 0. The first-order valence-corrected chi connectivity index (χ1v) is 7.48. The Labute approximate surface area is 147 Å². The molecule has 1 aromatic heterocycles. The molecule has 1 amide bonds. The average Bonchev–Trinajstić information content (AvgIpc) is 3.01. The van der Waals surface area contributed by atoms with Crippen LogP contribution in [-0.2, 0) is 19.5 Å². The summed E-state index contributed by atoms with van der Waals surface area (Å²) in [7, 11) is 0. The Morgan fingerprint density at radius 2 is 2.09 bits per heavy atom. The third-order valence-electron chi connectivity index (χ3n) is 4.36. The van der Waals surface area contributed by atoms with Crippen LogP contribution in [0.5, 0.6) is 0 Å². The van der Waals surface area contributed by atoms with Crippen molar-refractivity contribution in [2.24, 2.45) is 0 Å². The van der Waals surface area contributed by atoms with E-state index in [1.165, 1.54) is 5.56 Å². The zero-order valence-corrected chi connectivity index (χ0v) is 14.3. The number of hydrogen-bond donors (Lipinski definition) is 1. The van der Waals surface area contributed by atoms with Gasteiger partial charge in [0.2, 0.25) is 0 Å². The van der Waals surface area contributed by atoms with Crippen molar-refractivity contribution in [3.8, 4) is 0 Å². The van der Waals surface area contributed by atoms with Crippen molar-refractivity contribution in [1.82, 2.24) is 14.5 Å². The highest BCUT2D eigenvalue weighted by molar-refractivity contribution is 5.97. The molecule has 23 heavy (non-hydrogen) atoms. The smallest absolute Gasteiger partial charge is 0.254 e. The van der Waals surface area contributed by atoms with Gasteiger partial charge in [-0.25, -0.2) is 4.98 Å². The van der Waals surface area contributed by atoms with Gasteiger partial charge in [-0.15, -0.1) is 24.8 Å². The van der Waals surface area contributed by atoms with Crippen LogP contribution in [0.2, 0.25) is 0 Å². The van der Waals surface area contributed by atoms with E-state index >= 15 is 0 Å². The number of carbonyl (C=O) groups is 1. The molecule has 124 valence electrons. The maximum Gasteiger partial charge on any atom is 0.254 e. The molecule has 1 N–H and O–H groups in total. The first-order valence-electron chi connectivity index (χ1n) is 7.48. The fourth-order valence-electron chi connectivity index (χ4n) is 3.23.